The third-order valence-electron chi connectivity index (χ3n) is 1.19. The Morgan fingerprint density at radius 3 is 2.77 bits per heavy atom. The van der Waals surface area contributed by atoms with Crippen molar-refractivity contribution in [3.8, 4) is 0 Å². The van der Waals surface area contributed by atoms with Gasteiger partial charge in [-0.15, -0.1) is 0 Å². The number of halogens is 1. The second-order valence-electron chi connectivity index (χ2n) is 2.30. The molecule has 0 rings (SSSR count). The summed E-state index contributed by atoms with van der Waals surface area (Å²) in [6.45, 7) is 2.48. The van der Waals surface area contributed by atoms with Crippen LogP contribution in [0.4, 0.5) is 9.18 Å². The summed E-state index contributed by atoms with van der Waals surface area (Å²) in [6, 6.07) is -0.441. The number of carbonyl (C=O) groups is 1. The predicted octanol–water partition coefficient (Wildman–Crippen LogP) is 0.979. The lowest BCUT2D eigenvalue weighted by atomic mass is 10.4. The van der Waals surface area contributed by atoms with E-state index in [4.69, 9.17) is 5.73 Å². The Balaban J connectivity index is 3.88. The third kappa shape index (κ3) is 5.72. The smallest absolute Gasteiger partial charge is 0.319 e. The molecule has 0 bridgehead atoms. The molecule has 0 atom stereocenters. The van der Waals surface area contributed by atoms with Crippen LogP contribution in [0, 0.1) is 0 Å². The van der Waals surface area contributed by atoms with Gasteiger partial charge in [0.1, 0.15) is 6.33 Å². The van der Waals surface area contributed by atoms with Gasteiger partial charge in [-0.25, -0.2) is 9.18 Å². The van der Waals surface area contributed by atoms with Gasteiger partial charge in [-0.3, -0.25) is 0 Å². The first-order valence-electron chi connectivity index (χ1n) is 3.98. The molecule has 0 radical (unpaired) electrons. The minimum absolute atomic E-state index is 0.0242. The highest BCUT2D eigenvalue weighted by atomic mass is 19.1. The van der Waals surface area contributed by atoms with E-state index in [9.17, 15) is 9.18 Å². The van der Waals surface area contributed by atoms with Crippen LogP contribution in [0.25, 0.3) is 0 Å². The molecule has 2 amide bonds. The second-order valence-corrected chi connectivity index (χ2v) is 2.30. The normalized spacial score (nSPS) is 11.7. The number of amides is 2. The number of hydrogen-bond donors (Lipinski definition) is 3. The average molecular weight is 187 g/mol. The summed E-state index contributed by atoms with van der Waals surface area (Å²) in [6.07, 6.45) is 3.50. The summed E-state index contributed by atoms with van der Waals surface area (Å²) >= 11 is 0. The number of carbonyl (C=O) groups excluding carboxylic acids is 1. The van der Waals surface area contributed by atoms with Crippen LogP contribution in [0.3, 0.4) is 0 Å². The minimum atomic E-state index is -0.441. The van der Waals surface area contributed by atoms with E-state index in [0.717, 1.165) is 12.6 Å². The maximum absolute atomic E-state index is 12.0. The molecule has 0 saturated carbocycles. The van der Waals surface area contributed by atoms with Crippen molar-refractivity contribution < 1.29 is 9.18 Å². The molecule has 0 aliphatic rings. The van der Waals surface area contributed by atoms with Crippen molar-refractivity contribution in [1.82, 2.24) is 10.6 Å². The predicted molar refractivity (Wildman–Crippen MR) is 49.3 cm³/mol. The first-order valence-corrected chi connectivity index (χ1v) is 3.98. The highest BCUT2D eigenvalue weighted by Gasteiger charge is 1.99. The van der Waals surface area contributed by atoms with Gasteiger partial charge in [-0.05, 0) is 18.7 Å². The van der Waals surface area contributed by atoms with Gasteiger partial charge in [0, 0.05) is 6.54 Å². The Morgan fingerprint density at radius 1 is 1.62 bits per heavy atom. The zero-order valence-corrected chi connectivity index (χ0v) is 7.51. The Bertz CT molecular complexity index is 213. The summed E-state index contributed by atoms with van der Waals surface area (Å²) < 4.78 is 12.0. The number of nitrogens with one attached hydrogen (secondary N) is 2. The second kappa shape index (κ2) is 7.15. The summed E-state index contributed by atoms with van der Waals surface area (Å²) in [5.41, 5.74) is 5.05. The lowest BCUT2D eigenvalue weighted by Gasteiger charge is -2.05. The molecule has 5 heteroatoms. The van der Waals surface area contributed by atoms with Crippen LogP contribution in [-0.4, -0.2) is 12.6 Å². The van der Waals surface area contributed by atoms with Crippen LogP contribution in [0.15, 0.2) is 24.3 Å². The Kier molecular flexibility index (Phi) is 6.31. The fourth-order valence-electron chi connectivity index (χ4n) is 0.623. The monoisotopic (exact) mass is 187 g/mol. The van der Waals surface area contributed by atoms with E-state index in [1.54, 1.807) is 0 Å². The van der Waals surface area contributed by atoms with Gasteiger partial charge >= 0.3 is 6.03 Å². The molecule has 13 heavy (non-hydrogen) atoms. The quantitative estimate of drug-likeness (QED) is 0.574. The summed E-state index contributed by atoms with van der Waals surface area (Å²) in [5.74, 6) is 0. The maximum atomic E-state index is 12.0. The summed E-state index contributed by atoms with van der Waals surface area (Å²) in [5, 5.41) is 4.79. The highest BCUT2D eigenvalue weighted by molar-refractivity contribution is 5.76. The molecule has 0 heterocycles. The first-order chi connectivity index (χ1) is 6.24. The SMILES string of the molecule is CCCNC(=O)NC(/C=C\N)=C/F. The van der Waals surface area contributed by atoms with E-state index in [1.807, 2.05) is 6.92 Å². The molecule has 0 aromatic rings. The molecule has 74 valence electrons. The van der Waals surface area contributed by atoms with Gasteiger partial charge in [0.05, 0.1) is 5.70 Å². The number of nitrogens with two attached hydrogens (primary N) is 1. The molecule has 0 aromatic carbocycles. The van der Waals surface area contributed by atoms with Crippen LogP contribution in [0.1, 0.15) is 13.3 Å². The van der Waals surface area contributed by atoms with Crippen molar-refractivity contribution in [2.75, 3.05) is 6.54 Å². The van der Waals surface area contributed by atoms with Crippen LogP contribution < -0.4 is 16.4 Å². The molecular formula is C8H14FN3O. The van der Waals surface area contributed by atoms with Gasteiger partial charge in [-0.1, -0.05) is 6.92 Å². The van der Waals surface area contributed by atoms with Crippen molar-refractivity contribution in [1.29, 1.82) is 0 Å². The van der Waals surface area contributed by atoms with Crippen molar-refractivity contribution >= 4 is 6.03 Å². The molecule has 0 unspecified atom stereocenters. The van der Waals surface area contributed by atoms with Gasteiger partial charge in [0.25, 0.3) is 0 Å². The lowest BCUT2D eigenvalue weighted by molar-refractivity contribution is 0.243. The maximum Gasteiger partial charge on any atom is 0.319 e. The van der Waals surface area contributed by atoms with E-state index in [0.29, 0.717) is 6.54 Å². The largest absolute Gasteiger partial charge is 0.405 e. The topological polar surface area (TPSA) is 67.2 Å². The van der Waals surface area contributed by atoms with E-state index in [2.05, 4.69) is 10.6 Å². The van der Waals surface area contributed by atoms with Gasteiger partial charge in [-0.2, -0.15) is 0 Å². The Morgan fingerprint density at radius 2 is 2.31 bits per heavy atom. The van der Waals surface area contributed by atoms with Crippen LogP contribution in [-0.2, 0) is 0 Å². The first kappa shape index (κ1) is 11.5. The van der Waals surface area contributed by atoms with Crippen molar-refractivity contribution in [2.45, 2.75) is 13.3 Å². The van der Waals surface area contributed by atoms with E-state index in [-0.39, 0.29) is 12.0 Å². The van der Waals surface area contributed by atoms with E-state index in [1.165, 1.54) is 6.08 Å². The van der Waals surface area contributed by atoms with Crippen LogP contribution in [0.5, 0.6) is 0 Å². The zero-order valence-electron chi connectivity index (χ0n) is 7.51. The number of urea groups is 1. The zero-order chi connectivity index (χ0) is 10.1. The molecule has 4 nitrogen and oxygen atoms in total. The fraction of sp³-hybridized carbons (Fsp3) is 0.375. The Labute approximate surface area is 76.7 Å². The number of hydrogen-bond acceptors (Lipinski definition) is 2. The van der Waals surface area contributed by atoms with E-state index >= 15 is 0 Å². The van der Waals surface area contributed by atoms with E-state index < -0.39 is 6.03 Å². The molecule has 0 fully saturated rings. The van der Waals surface area contributed by atoms with Crippen molar-refractivity contribution in [3.63, 3.8) is 0 Å². The number of rotatable bonds is 4. The molecule has 4 N–H and O–H groups in total. The molecule has 0 aliphatic carbocycles. The summed E-state index contributed by atoms with van der Waals surface area (Å²) in [4.78, 5) is 10.9. The molecule has 0 saturated heterocycles. The standard InChI is InChI=1S/C8H14FN3O/c1-2-5-11-8(13)12-7(6-9)3-4-10/h3-4,6H,2,5,10H2,1H3,(H2,11,12,13)/b4-3-,7-6+. The van der Waals surface area contributed by atoms with Crippen molar-refractivity contribution in [3.05, 3.63) is 24.3 Å². The van der Waals surface area contributed by atoms with Crippen molar-refractivity contribution in [2.24, 2.45) is 5.73 Å². The molecular weight excluding hydrogens is 173 g/mol. The molecule has 0 aromatic heterocycles. The summed E-state index contributed by atoms with van der Waals surface area (Å²) in [7, 11) is 0. The van der Waals surface area contributed by atoms with Gasteiger partial charge < -0.3 is 16.4 Å². The van der Waals surface area contributed by atoms with Gasteiger partial charge in [0.2, 0.25) is 0 Å². The van der Waals surface area contributed by atoms with Crippen LogP contribution >= 0.6 is 0 Å². The third-order valence-corrected chi connectivity index (χ3v) is 1.19. The van der Waals surface area contributed by atoms with Gasteiger partial charge in [0.15, 0.2) is 0 Å². The number of allylic oxidation sites excluding steroid dienone is 1. The van der Waals surface area contributed by atoms with Crippen LogP contribution in [0.2, 0.25) is 0 Å². The highest BCUT2D eigenvalue weighted by Crippen LogP contribution is 1.90. The minimum Gasteiger partial charge on any atom is -0.405 e. The average Bonchev–Trinajstić information content (AvgIpc) is 2.14. The Hall–Kier alpha value is -1.52. The lowest BCUT2D eigenvalue weighted by Crippen LogP contribution is -2.34. The fourth-order valence-corrected chi connectivity index (χ4v) is 0.623. The molecule has 0 spiro atoms. The molecule has 0 aliphatic heterocycles.